The molecule has 26 heavy (non-hydrogen) atoms. The highest BCUT2D eigenvalue weighted by Gasteiger charge is 2.53. The number of hydrogen-bond donors (Lipinski definition) is 2. The highest BCUT2D eigenvalue weighted by Crippen LogP contribution is 2.63. The van der Waals surface area contributed by atoms with Crippen LogP contribution in [0, 0.1) is 17.8 Å². The van der Waals surface area contributed by atoms with Crippen molar-refractivity contribution in [3.05, 3.63) is 64.7 Å². The van der Waals surface area contributed by atoms with Crippen LogP contribution in [0.5, 0.6) is 0 Å². The van der Waals surface area contributed by atoms with Crippen LogP contribution >= 0.6 is 0 Å². The number of nitrogens with one attached hydrogen (secondary N) is 1. The molecule has 0 spiro atoms. The number of benzene rings is 2. The van der Waals surface area contributed by atoms with Crippen LogP contribution in [0.4, 0.5) is 5.69 Å². The summed E-state index contributed by atoms with van der Waals surface area (Å²) in [6.45, 7) is 2.23. The topological polar surface area (TPSA) is 49.3 Å². The molecular weight excluding hydrogens is 322 g/mol. The van der Waals surface area contributed by atoms with Gasteiger partial charge in [-0.05, 0) is 84.2 Å². The Morgan fingerprint density at radius 3 is 2.62 bits per heavy atom. The van der Waals surface area contributed by atoms with Crippen LogP contribution in [0.2, 0.25) is 0 Å². The lowest BCUT2D eigenvalue weighted by molar-refractivity contribution is 0.0697. The highest BCUT2D eigenvalue weighted by atomic mass is 16.4. The zero-order valence-corrected chi connectivity index (χ0v) is 15.1. The number of rotatable bonds is 3. The summed E-state index contributed by atoms with van der Waals surface area (Å²) in [5.74, 6) is 2.03. The van der Waals surface area contributed by atoms with Crippen molar-refractivity contribution in [2.45, 2.75) is 44.6 Å². The van der Waals surface area contributed by atoms with Gasteiger partial charge >= 0.3 is 5.97 Å². The summed E-state index contributed by atoms with van der Waals surface area (Å²) in [6, 6.07) is 14.7. The van der Waals surface area contributed by atoms with Crippen LogP contribution in [0.25, 0.3) is 0 Å². The molecule has 3 aliphatic rings. The van der Waals surface area contributed by atoms with Crippen molar-refractivity contribution >= 4 is 11.7 Å². The third kappa shape index (κ3) is 2.29. The molecule has 5 rings (SSSR count). The molecule has 1 heterocycles. The van der Waals surface area contributed by atoms with Gasteiger partial charge in [0.1, 0.15) is 0 Å². The molecule has 5 atom stereocenters. The van der Waals surface area contributed by atoms with Gasteiger partial charge in [0.15, 0.2) is 0 Å². The van der Waals surface area contributed by atoms with E-state index in [4.69, 9.17) is 0 Å². The summed E-state index contributed by atoms with van der Waals surface area (Å²) >= 11 is 0. The van der Waals surface area contributed by atoms with Gasteiger partial charge in [-0.1, -0.05) is 31.2 Å². The number of carboxylic acid groups (broad SMARTS) is 1. The average molecular weight is 347 g/mol. The molecule has 0 amide bonds. The zero-order valence-electron chi connectivity index (χ0n) is 15.1. The maximum atomic E-state index is 11.2. The number of anilines is 1. The van der Waals surface area contributed by atoms with Gasteiger partial charge in [-0.2, -0.15) is 0 Å². The SMILES string of the molecule is CCc1ccc2c(c1)[C@@H]1[C@H]3CC[C@@H](C3)[C@H]1[C@@H](c1ccc(C(=O)O)cc1)N2. The lowest BCUT2D eigenvalue weighted by Gasteiger charge is -2.43. The number of hydrogen-bond acceptors (Lipinski definition) is 2. The van der Waals surface area contributed by atoms with E-state index in [-0.39, 0.29) is 6.04 Å². The molecule has 2 aliphatic carbocycles. The molecule has 2 aromatic rings. The Morgan fingerprint density at radius 2 is 1.88 bits per heavy atom. The molecule has 134 valence electrons. The van der Waals surface area contributed by atoms with Crippen molar-refractivity contribution in [2.24, 2.45) is 17.8 Å². The quantitative estimate of drug-likeness (QED) is 0.798. The van der Waals surface area contributed by atoms with Crippen molar-refractivity contribution in [1.82, 2.24) is 0 Å². The Hall–Kier alpha value is -2.29. The van der Waals surface area contributed by atoms with E-state index < -0.39 is 5.97 Å². The zero-order chi connectivity index (χ0) is 17.8. The standard InChI is InChI=1S/C23H25NO2/c1-2-13-3-10-19-18(11-13)20-16-8-9-17(12-16)21(20)22(24-19)14-4-6-15(7-5-14)23(25)26/h3-7,10-11,16-17,20-22,24H,2,8-9,12H2,1H3,(H,25,26)/t16-,17-,20-,21+,22+/m0/s1. The summed E-state index contributed by atoms with van der Waals surface area (Å²) in [6.07, 6.45) is 5.15. The molecule has 2 aromatic carbocycles. The summed E-state index contributed by atoms with van der Waals surface area (Å²) in [5, 5.41) is 13.0. The first-order valence-corrected chi connectivity index (χ1v) is 9.88. The minimum absolute atomic E-state index is 0.290. The fourth-order valence-electron chi connectivity index (χ4n) is 5.92. The van der Waals surface area contributed by atoms with Gasteiger partial charge in [0.25, 0.3) is 0 Å². The van der Waals surface area contributed by atoms with E-state index in [1.807, 2.05) is 12.1 Å². The van der Waals surface area contributed by atoms with Crippen LogP contribution in [-0.4, -0.2) is 11.1 Å². The van der Waals surface area contributed by atoms with E-state index in [1.165, 1.54) is 41.6 Å². The summed E-state index contributed by atoms with van der Waals surface area (Å²) < 4.78 is 0. The van der Waals surface area contributed by atoms with Crippen molar-refractivity contribution < 1.29 is 9.90 Å². The molecule has 3 nitrogen and oxygen atoms in total. The second-order valence-electron chi connectivity index (χ2n) is 8.26. The largest absolute Gasteiger partial charge is 0.478 e. The van der Waals surface area contributed by atoms with Gasteiger partial charge in [-0.3, -0.25) is 0 Å². The molecule has 0 unspecified atom stereocenters. The monoisotopic (exact) mass is 347 g/mol. The first kappa shape index (κ1) is 15.9. The van der Waals surface area contributed by atoms with Gasteiger partial charge < -0.3 is 10.4 Å². The number of aryl methyl sites for hydroxylation is 1. The first-order valence-electron chi connectivity index (χ1n) is 9.88. The van der Waals surface area contributed by atoms with E-state index in [0.29, 0.717) is 17.4 Å². The van der Waals surface area contributed by atoms with E-state index in [1.54, 1.807) is 12.1 Å². The molecule has 3 heteroatoms. The fraction of sp³-hybridized carbons (Fsp3) is 0.435. The Balaban J connectivity index is 1.57. The van der Waals surface area contributed by atoms with E-state index in [2.05, 4.69) is 30.4 Å². The first-order chi connectivity index (χ1) is 12.7. The normalized spacial score (nSPS) is 31.2. The van der Waals surface area contributed by atoms with E-state index >= 15 is 0 Å². The van der Waals surface area contributed by atoms with Gasteiger partial charge in [0, 0.05) is 5.69 Å². The molecular formula is C23H25NO2. The van der Waals surface area contributed by atoms with Crippen LogP contribution in [-0.2, 0) is 6.42 Å². The highest BCUT2D eigenvalue weighted by molar-refractivity contribution is 5.87. The van der Waals surface area contributed by atoms with Crippen LogP contribution in [0.15, 0.2) is 42.5 Å². The molecule has 2 N–H and O–H groups in total. The van der Waals surface area contributed by atoms with Crippen LogP contribution < -0.4 is 5.32 Å². The molecule has 0 aromatic heterocycles. The van der Waals surface area contributed by atoms with Gasteiger partial charge in [-0.15, -0.1) is 0 Å². The predicted octanol–water partition coefficient (Wildman–Crippen LogP) is 5.24. The molecule has 2 fully saturated rings. The van der Waals surface area contributed by atoms with Gasteiger partial charge in [0.05, 0.1) is 11.6 Å². The number of carbonyl (C=O) groups is 1. The predicted molar refractivity (Wildman–Crippen MR) is 103 cm³/mol. The minimum Gasteiger partial charge on any atom is -0.478 e. The molecule has 1 aliphatic heterocycles. The molecule has 0 radical (unpaired) electrons. The van der Waals surface area contributed by atoms with Gasteiger partial charge in [0.2, 0.25) is 0 Å². The van der Waals surface area contributed by atoms with E-state index in [0.717, 1.165) is 18.3 Å². The van der Waals surface area contributed by atoms with Gasteiger partial charge in [-0.25, -0.2) is 4.79 Å². The maximum Gasteiger partial charge on any atom is 0.335 e. The third-order valence-corrected chi connectivity index (χ3v) is 7.08. The molecule has 2 saturated carbocycles. The maximum absolute atomic E-state index is 11.2. The second-order valence-corrected chi connectivity index (χ2v) is 8.26. The summed E-state index contributed by atoms with van der Waals surface area (Å²) in [7, 11) is 0. The lowest BCUT2D eigenvalue weighted by atomic mass is 9.68. The van der Waals surface area contributed by atoms with Crippen molar-refractivity contribution in [2.75, 3.05) is 5.32 Å². The van der Waals surface area contributed by atoms with Crippen molar-refractivity contribution in [1.29, 1.82) is 0 Å². The molecule has 0 saturated heterocycles. The number of carboxylic acids is 1. The Labute approximate surface area is 154 Å². The average Bonchev–Trinajstić information content (AvgIpc) is 3.29. The second kappa shape index (κ2) is 5.87. The summed E-state index contributed by atoms with van der Waals surface area (Å²) in [5.41, 5.74) is 5.82. The van der Waals surface area contributed by atoms with Crippen molar-refractivity contribution in [3.8, 4) is 0 Å². The smallest absolute Gasteiger partial charge is 0.335 e. The Kier molecular flexibility index (Phi) is 3.59. The van der Waals surface area contributed by atoms with Crippen molar-refractivity contribution in [3.63, 3.8) is 0 Å². The fourth-order valence-corrected chi connectivity index (χ4v) is 5.92. The Bertz CT molecular complexity index is 857. The Morgan fingerprint density at radius 1 is 1.12 bits per heavy atom. The van der Waals surface area contributed by atoms with Crippen LogP contribution in [0.1, 0.15) is 65.2 Å². The number of fused-ring (bicyclic) bond motifs is 7. The summed E-state index contributed by atoms with van der Waals surface area (Å²) in [4.78, 5) is 11.2. The lowest BCUT2D eigenvalue weighted by Crippen LogP contribution is -2.35. The molecule has 2 bridgehead atoms. The van der Waals surface area contributed by atoms with E-state index in [9.17, 15) is 9.90 Å². The third-order valence-electron chi connectivity index (χ3n) is 7.08. The number of aromatic carboxylic acids is 1. The minimum atomic E-state index is -0.858. The van der Waals surface area contributed by atoms with Crippen LogP contribution in [0.3, 0.4) is 0 Å².